The minimum absolute atomic E-state index is 0.513. The predicted octanol–water partition coefficient (Wildman–Crippen LogP) is 1.27. The second kappa shape index (κ2) is 3.96. The Labute approximate surface area is 85.1 Å². The molecule has 0 aromatic carbocycles. The molecule has 14 heavy (non-hydrogen) atoms. The smallest absolute Gasteiger partial charge is 0.128 e. The summed E-state index contributed by atoms with van der Waals surface area (Å²) >= 11 is 0. The van der Waals surface area contributed by atoms with Crippen molar-refractivity contribution in [1.29, 1.82) is 0 Å². The van der Waals surface area contributed by atoms with E-state index < -0.39 is 0 Å². The molecule has 1 aliphatic heterocycles. The van der Waals surface area contributed by atoms with E-state index in [0.717, 1.165) is 18.9 Å². The predicted molar refractivity (Wildman–Crippen MR) is 58.5 cm³/mol. The van der Waals surface area contributed by atoms with Crippen molar-refractivity contribution < 1.29 is 0 Å². The summed E-state index contributed by atoms with van der Waals surface area (Å²) in [6, 6.07) is 7.13. The Morgan fingerprint density at radius 1 is 1.43 bits per heavy atom. The number of hydrogen-bond acceptors (Lipinski definition) is 3. The van der Waals surface area contributed by atoms with Crippen molar-refractivity contribution in [2.75, 3.05) is 18.0 Å². The average Bonchev–Trinajstić information content (AvgIpc) is 2.23. The summed E-state index contributed by atoms with van der Waals surface area (Å²) in [7, 11) is 0. The van der Waals surface area contributed by atoms with Gasteiger partial charge >= 0.3 is 0 Å². The third kappa shape index (κ3) is 1.73. The zero-order chi connectivity index (χ0) is 9.97. The molecule has 0 aliphatic carbocycles. The lowest BCUT2D eigenvalue weighted by Gasteiger charge is -2.39. The van der Waals surface area contributed by atoms with Crippen molar-refractivity contribution in [2.24, 2.45) is 0 Å². The molecule has 3 heteroatoms. The Morgan fingerprint density at radius 2 is 2.29 bits per heavy atom. The van der Waals surface area contributed by atoms with Gasteiger partial charge in [-0.3, -0.25) is 0 Å². The highest BCUT2D eigenvalue weighted by molar-refractivity contribution is 5.40. The maximum Gasteiger partial charge on any atom is 0.128 e. The summed E-state index contributed by atoms with van der Waals surface area (Å²) < 4.78 is 0. The number of rotatable bonds is 1. The highest BCUT2D eigenvalue weighted by atomic mass is 15.3. The number of nitrogens with zero attached hydrogens (tertiary/aromatic N) is 2. The van der Waals surface area contributed by atoms with Gasteiger partial charge in [0.1, 0.15) is 5.82 Å². The molecule has 2 unspecified atom stereocenters. The first-order valence-electron chi connectivity index (χ1n) is 5.20. The minimum Gasteiger partial charge on any atom is -0.351 e. The van der Waals surface area contributed by atoms with Crippen molar-refractivity contribution in [2.45, 2.75) is 25.9 Å². The molecule has 1 aromatic rings. The maximum absolute atomic E-state index is 4.39. The van der Waals surface area contributed by atoms with E-state index in [-0.39, 0.29) is 0 Å². The van der Waals surface area contributed by atoms with Crippen LogP contribution < -0.4 is 10.2 Å². The molecule has 1 N–H and O–H groups in total. The first-order chi connectivity index (χ1) is 6.79. The molecule has 0 bridgehead atoms. The fourth-order valence-electron chi connectivity index (χ4n) is 1.90. The van der Waals surface area contributed by atoms with Gasteiger partial charge in [-0.25, -0.2) is 4.98 Å². The molecule has 0 amide bonds. The number of nitrogens with one attached hydrogen (secondary N) is 1. The van der Waals surface area contributed by atoms with E-state index in [1.165, 1.54) is 0 Å². The molecule has 0 spiro atoms. The van der Waals surface area contributed by atoms with E-state index in [1.54, 1.807) is 0 Å². The largest absolute Gasteiger partial charge is 0.351 e. The van der Waals surface area contributed by atoms with Gasteiger partial charge in [-0.05, 0) is 26.0 Å². The molecule has 1 saturated heterocycles. The van der Waals surface area contributed by atoms with Crippen LogP contribution in [0, 0.1) is 0 Å². The molecular weight excluding hydrogens is 174 g/mol. The second-order valence-electron chi connectivity index (χ2n) is 3.86. The van der Waals surface area contributed by atoms with Crippen molar-refractivity contribution in [3.8, 4) is 0 Å². The van der Waals surface area contributed by atoms with Crippen LogP contribution in [0.15, 0.2) is 24.4 Å². The lowest BCUT2D eigenvalue weighted by Crippen LogP contribution is -2.55. The van der Waals surface area contributed by atoms with Crippen LogP contribution in [-0.2, 0) is 0 Å². The number of hydrogen-bond donors (Lipinski definition) is 1. The molecule has 2 heterocycles. The Bertz CT molecular complexity index is 286. The van der Waals surface area contributed by atoms with Crippen LogP contribution in [0.2, 0.25) is 0 Å². The van der Waals surface area contributed by atoms with Gasteiger partial charge < -0.3 is 10.2 Å². The molecule has 0 saturated carbocycles. The van der Waals surface area contributed by atoms with Crippen LogP contribution >= 0.6 is 0 Å². The van der Waals surface area contributed by atoms with Gasteiger partial charge in [0.25, 0.3) is 0 Å². The number of pyridine rings is 1. The van der Waals surface area contributed by atoms with Crippen molar-refractivity contribution in [3.63, 3.8) is 0 Å². The van der Waals surface area contributed by atoms with Gasteiger partial charge in [0, 0.05) is 31.4 Å². The van der Waals surface area contributed by atoms with E-state index in [9.17, 15) is 0 Å². The molecule has 76 valence electrons. The summed E-state index contributed by atoms with van der Waals surface area (Å²) in [4.78, 5) is 6.75. The Balaban J connectivity index is 2.17. The summed E-state index contributed by atoms with van der Waals surface area (Å²) in [6.45, 7) is 6.55. The van der Waals surface area contributed by atoms with Gasteiger partial charge in [0.2, 0.25) is 0 Å². The van der Waals surface area contributed by atoms with Crippen molar-refractivity contribution in [3.05, 3.63) is 24.4 Å². The first kappa shape index (κ1) is 9.46. The molecule has 2 rings (SSSR count). The monoisotopic (exact) mass is 191 g/mol. The van der Waals surface area contributed by atoms with Crippen LogP contribution in [0.5, 0.6) is 0 Å². The van der Waals surface area contributed by atoms with E-state index in [2.05, 4.69) is 35.1 Å². The van der Waals surface area contributed by atoms with Gasteiger partial charge in [0.05, 0.1) is 0 Å². The first-order valence-corrected chi connectivity index (χ1v) is 5.20. The third-order valence-electron chi connectivity index (χ3n) is 2.98. The maximum atomic E-state index is 4.39. The highest BCUT2D eigenvalue weighted by Gasteiger charge is 2.24. The molecule has 2 atom stereocenters. The minimum atomic E-state index is 0.513. The Hall–Kier alpha value is -1.09. The van der Waals surface area contributed by atoms with Crippen molar-refractivity contribution >= 4 is 5.82 Å². The molecule has 1 fully saturated rings. The topological polar surface area (TPSA) is 28.2 Å². The zero-order valence-corrected chi connectivity index (χ0v) is 8.77. The number of anilines is 1. The molecule has 0 radical (unpaired) electrons. The van der Waals surface area contributed by atoms with Crippen LogP contribution in [0.1, 0.15) is 13.8 Å². The summed E-state index contributed by atoms with van der Waals surface area (Å²) in [5.74, 6) is 1.09. The lowest BCUT2D eigenvalue weighted by molar-refractivity contribution is 0.402. The number of piperazine rings is 1. The summed E-state index contributed by atoms with van der Waals surface area (Å²) in [5.41, 5.74) is 0. The average molecular weight is 191 g/mol. The summed E-state index contributed by atoms with van der Waals surface area (Å²) in [5, 5.41) is 3.46. The van der Waals surface area contributed by atoms with Crippen LogP contribution in [-0.4, -0.2) is 30.2 Å². The van der Waals surface area contributed by atoms with Gasteiger partial charge in [-0.15, -0.1) is 0 Å². The molecule has 3 nitrogen and oxygen atoms in total. The third-order valence-corrected chi connectivity index (χ3v) is 2.98. The van der Waals surface area contributed by atoms with E-state index >= 15 is 0 Å². The lowest BCUT2D eigenvalue weighted by atomic mass is 10.1. The number of aromatic nitrogens is 1. The van der Waals surface area contributed by atoms with Crippen LogP contribution in [0.25, 0.3) is 0 Å². The van der Waals surface area contributed by atoms with Crippen molar-refractivity contribution in [1.82, 2.24) is 10.3 Å². The van der Waals surface area contributed by atoms with Crippen LogP contribution in [0.4, 0.5) is 5.82 Å². The quantitative estimate of drug-likeness (QED) is 0.724. The SMILES string of the molecule is CC1NCCN(c2ccccn2)C1C. The zero-order valence-electron chi connectivity index (χ0n) is 8.77. The fourth-order valence-corrected chi connectivity index (χ4v) is 1.90. The molecule has 1 aromatic heterocycles. The highest BCUT2D eigenvalue weighted by Crippen LogP contribution is 2.17. The van der Waals surface area contributed by atoms with E-state index in [1.807, 2.05) is 18.3 Å². The van der Waals surface area contributed by atoms with E-state index in [0.29, 0.717) is 12.1 Å². The molecular formula is C11H17N3. The fraction of sp³-hybridized carbons (Fsp3) is 0.545. The van der Waals surface area contributed by atoms with Gasteiger partial charge in [-0.2, -0.15) is 0 Å². The molecule has 1 aliphatic rings. The normalized spacial score (nSPS) is 27.7. The summed E-state index contributed by atoms with van der Waals surface area (Å²) in [6.07, 6.45) is 1.86. The van der Waals surface area contributed by atoms with Gasteiger partial charge in [0.15, 0.2) is 0 Å². The van der Waals surface area contributed by atoms with Crippen LogP contribution in [0.3, 0.4) is 0 Å². The Morgan fingerprint density at radius 3 is 3.00 bits per heavy atom. The second-order valence-corrected chi connectivity index (χ2v) is 3.86. The van der Waals surface area contributed by atoms with Gasteiger partial charge in [-0.1, -0.05) is 6.07 Å². The van der Waals surface area contributed by atoms with E-state index in [4.69, 9.17) is 0 Å². The Kier molecular flexibility index (Phi) is 2.68. The standard InChI is InChI=1S/C11H17N3/c1-9-10(2)14(8-7-12-9)11-5-3-4-6-13-11/h3-6,9-10,12H,7-8H2,1-2H3.